The fourth-order valence-corrected chi connectivity index (χ4v) is 4.11. The maximum Gasteiger partial charge on any atom is 0.190 e. The van der Waals surface area contributed by atoms with E-state index < -0.39 is 5.82 Å². The lowest BCUT2D eigenvalue weighted by Crippen LogP contribution is -2.51. The Hall–Kier alpha value is -1.18. The number of pyridine rings is 1. The Morgan fingerprint density at radius 2 is 1.83 bits per heavy atom. The summed E-state index contributed by atoms with van der Waals surface area (Å²) in [5.74, 6) is 1.11. The highest BCUT2D eigenvalue weighted by molar-refractivity contribution is 7.99. The van der Waals surface area contributed by atoms with Crippen molar-refractivity contribution in [3.63, 3.8) is 0 Å². The zero-order valence-electron chi connectivity index (χ0n) is 18.8. The van der Waals surface area contributed by atoms with Gasteiger partial charge in [-0.2, -0.15) is 0 Å². The highest BCUT2D eigenvalue weighted by atomic mass is 35.5. The van der Waals surface area contributed by atoms with Gasteiger partial charge < -0.3 is 10.2 Å². The van der Waals surface area contributed by atoms with E-state index in [1.54, 1.807) is 0 Å². The number of rotatable bonds is 2. The van der Waals surface area contributed by atoms with E-state index in [2.05, 4.69) is 20.2 Å². The highest BCUT2D eigenvalue weighted by Gasteiger charge is 2.31. The second kappa shape index (κ2) is 13.2. The van der Waals surface area contributed by atoms with Crippen molar-refractivity contribution in [3.05, 3.63) is 16.7 Å². The molecule has 5 nitrogen and oxygen atoms in total. The summed E-state index contributed by atoms with van der Waals surface area (Å²) in [7, 11) is 0. The summed E-state index contributed by atoms with van der Waals surface area (Å²) in [6, 6.07) is 0.345. The van der Waals surface area contributed by atoms with Crippen molar-refractivity contribution in [1.29, 1.82) is 0 Å². The molecule has 0 aromatic carbocycles. The van der Waals surface area contributed by atoms with Gasteiger partial charge in [-0.25, -0.2) is 19.3 Å². The Labute approximate surface area is 184 Å². The van der Waals surface area contributed by atoms with Crippen molar-refractivity contribution in [2.45, 2.75) is 72.5 Å². The minimum absolute atomic E-state index is 0.0948. The fourth-order valence-electron chi connectivity index (χ4n) is 3.36. The van der Waals surface area contributed by atoms with Crippen LogP contribution in [-0.2, 0) is 6.42 Å². The average Bonchev–Trinajstić information content (AvgIpc) is 2.94. The van der Waals surface area contributed by atoms with E-state index in [-0.39, 0.29) is 5.15 Å². The number of nitrogens with one attached hydrogen (secondary N) is 1. The van der Waals surface area contributed by atoms with Crippen LogP contribution in [-0.4, -0.2) is 46.4 Å². The van der Waals surface area contributed by atoms with Crippen LogP contribution in [0.3, 0.4) is 0 Å². The summed E-state index contributed by atoms with van der Waals surface area (Å²) >= 11 is 7.52. The molecule has 0 bridgehead atoms. The van der Waals surface area contributed by atoms with E-state index in [0.29, 0.717) is 16.7 Å². The minimum Gasteiger partial charge on any atom is -0.350 e. The van der Waals surface area contributed by atoms with Gasteiger partial charge in [-0.15, -0.1) is 0 Å². The Balaban J connectivity index is 0.000000644. The monoisotopic (exact) mass is 443 g/mol. The number of thioether (sulfide) groups is 1. The number of anilines is 1. The molecule has 0 radical (unpaired) electrons. The molecule has 0 aliphatic carbocycles. The molecule has 1 atom stereocenters. The zero-order valence-corrected chi connectivity index (χ0v) is 20.3. The molecular weight excluding hydrogens is 409 g/mol. The molecule has 4 rings (SSSR count). The maximum atomic E-state index is 14.6. The first-order valence-corrected chi connectivity index (χ1v) is 12.2. The van der Waals surface area contributed by atoms with Gasteiger partial charge in [-0.1, -0.05) is 71.8 Å². The molecule has 29 heavy (non-hydrogen) atoms. The lowest BCUT2D eigenvalue weighted by atomic mass is 10.1. The lowest BCUT2D eigenvalue weighted by molar-refractivity contribution is 0.454. The third-order valence-electron chi connectivity index (χ3n) is 4.39. The summed E-state index contributed by atoms with van der Waals surface area (Å²) in [6.45, 7) is 16.7. The minimum atomic E-state index is -0.541. The number of nitrogens with zero attached hydrogens (tertiary/aromatic N) is 4. The van der Waals surface area contributed by atoms with Gasteiger partial charge in [0, 0.05) is 25.7 Å². The SMILES string of the molecule is CC.CC.CC.CCSc1nc2c3c(nc(Cl)c(F)c3n1)CCC1CNCCN21. The normalized spacial score (nSPS) is 16.9. The molecular formula is C21H35ClFN5S. The van der Waals surface area contributed by atoms with Gasteiger partial charge in [0.1, 0.15) is 11.3 Å². The van der Waals surface area contributed by atoms with Gasteiger partial charge in [-0.05, 0) is 18.6 Å². The van der Waals surface area contributed by atoms with Crippen LogP contribution in [0.25, 0.3) is 10.9 Å². The van der Waals surface area contributed by atoms with Crippen molar-refractivity contribution in [1.82, 2.24) is 20.3 Å². The number of fused-ring (bicyclic) bond motifs is 2. The number of hydrogen-bond acceptors (Lipinski definition) is 6. The molecule has 1 N–H and O–H groups in total. The zero-order chi connectivity index (χ0) is 22.0. The third-order valence-corrected chi connectivity index (χ3v) is 5.37. The van der Waals surface area contributed by atoms with Crippen LogP contribution < -0.4 is 10.2 Å². The van der Waals surface area contributed by atoms with Crippen LogP contribution in [0.2, 0.25) is 5.15 Å². The summed E-state index contributed by atoms with van der Waals surface area (Å²) in [5.41, 5.74) is 1.11. The Bertz CT molecular complexity index is 775. The summed E-state index contributed by atoms with van der Waals surface area (Å²) in [4.78, 5) is 15.7. The van der Waals surface area contributed by atoms with Crippen LogP contribution in [0.5, 0.6) is 0 Å². The molecule has 8 heteroatoms. The molecule has 0 spiro atoms. The molecule has 1 fully saturated rings. The summed E-state index contributed by atoms with van der Waals surface area (Å²) in [6.07, 6.45) is 1.71. The van der Waals surface area contributed by atoms with Gasteiger partial charge in [0.15, 0.2) is 16.1 Å². The van der Waals surface area contributed by atoms with Crippen molar-refractivity contribution in [2.24, 2.45) is 0 Å². The Morgan fingerprint density at radius 1 is 1.14 bits per heavy atom. The van der Waals surface area contributed by atoms with E-state index in [0.717, 1.165) is 55.1 Å². The van der Waals surface area contributed by atoms with Gasteiger partial charge in [0.05, 0.1) is 11.1 Å². The predicted molar refractivity (Wildman–Crippen MR) is 125 cm³/mol. The summed E-state index contributed by atoms with van der Waals surface area (Å²) in [5, 5.41) is 4.66. The molecule has 2 aromatic heterocycles. The van der Waals surface area contributed by atoms with E-state index in [1.165, 1.54) is 11.8 Å². The van der Waals surface area contributed by atoms with Gasteiger partial charge in [0.25, 0.3) is 0 Å². The molecule has 0 amide bonds. The average molecular weight is 444 g/mol. The smallest absolute Gasteiger partial charge is 0.190 e. The van der Waals surface area contributed by atoms with Crippen LogP contribution in [0.1, 0.15) is 60.6 Å². The second-order valence-corrected chi connectivity index (χ2v) is 7.33. The maximum absolute atomic E-state index is 14.6. The quantitative estimate of drug-likeness (QED) is 0.363. The second-order valence-electron chi connectivity index (χ2n) is 5.74. The first kappa shape index (κ1) is 25.9. The number of aromatic nitrogens is 3. The Kier molecular flexibility index (Phi) is 11.8. The lowest BCUT2D eigenvalue weighted by Gasteiger charge is -2.36. The van der Waals surface area contributed by atoms with E-state index >= 15 is 0 Å². The third kappa shape index (κ3) is 5.70. The van der Waals surface area contributed by atoms with Crippen molar-refractivity contribution >= 4 is 40.1 Å². The van der Waals surface area contributed by atoms with Crippen LogP contribution in [0.15, 0.2) is 5.16 Å². The molecule has 2 aliphatic heterocycles. The number of aryl methyl sites for hydroxylation is 1. The molecule has 0 saturated carbocycles. The predicted octanol–water partition coefficient (Wildman–Crippen LogP) is 5.73. The van der Waals surface area contributed by atoms with Crippen molar-refractivity contribution in [2.75, 3.05) is 30.3 Å². The number of halogens is 2. The van der Waals surface area contributed by atoms with Gasteiger partial charge in [0.2, 0.25) is 0 Å². The Morgan fingerprint density at radius 3 is 2.48 bits per heavy atom. The molecule has 1 saturated heterocycles. The molecule has 2 aromatic rings. The topological polar surface area (TPSA) is 53.9 Å². The number of hydrogen-bond donors (Lipinski definition) is 1. The van der Waals surface area contributed by atoms with E-state index in [1.807, 2.05) is 48.5 Å². The fraction of sp³-hybridized carbons (Fsp3) is 0.667. The van der Waals surface area contributed by atoms with Crippen molar-refractivity contribution < 1.29 is 4.39 Å². The molecule has 4 heterocycles. The summed E-state index contributed by atoms with van der Waals surface area (Å²) < 4.78 is 14.6. The van der Waals surface area contributed by atoms with Crippen LogP contribution >= 0.6 is 23.4 Å². The standard InChI is InChI=1S/C15H17ClFN5S.3C2H6/c1-2-23-15-20-12-10-9(19-13(16)11(12)17)4-3-8-7-18-5-6-22(8)14(10)21-15;3*1-2/h8,18H,2-7H2,1H3;3*1-2H3. The number of piperazine rings is 1. The van der Waals surface area contributed by atoms with Gasteiger partial charge in [-0.3, -0.25) is 0 Å². The van der Waals surface area contributed by atoms with Crippen molar-refractivity contribution in [3.8, 4) is 0 Å². The molecule has 1 unspecified atom stereocenters. The highest BCUT2D eigenvalue weighted by Crippen LogP contribution is 2.37. The van der Waals surface area contributed by atoms with E-state index in [9.17, 15) is 4.39 Å². The molecule has 2 aliphatic rings. The van der Waals surface area contributed by atoms with Gasteiger partial charge >= 0.3 is 0 Å². The molecule has 164 valence electrons. The van der Waals surface area contributed by atoms with E-state index in [4.69, 9.17) is 16.6 Å². The van der Waals surface area contributed by atoms with Crippen LogP contribution in [0, 0.1) is 5.82 Å². The largest absolute Gasteiger partial charge is 0.350 e. The first-order chi connectivity index (χ1) is 14.2. The van der Waals surface area contributed by atoms with Crippen LogP contribution in [0.4, 0.5) is 10.2 Å². The first-order valence-electron chi connectivity index (χ1n) is 10.8.